The zero-order chi connectivity index (χ0) is 30.2. The molecule has 0 heterocycles. The molecule has 0 amide bonds. The molecular weight excluding hydrogens is 611 g/mol. The molecule has 41 heavy (non-hydrogen) atoms. The molecule has 14 heteroatoms. The molecule has 4 aromatic carbocycles. The molecule has 0 atom stereocenters. The topological polar surface area (TPSA) is 71.5 Å². The predicted molar refractivity (Wildman–Crippen MR) is 147 cm³/mol. The molecule has 0 saturated heterocycles. The van der Waals surface area contributed by atoms with Crippen LogP contribution >= 0.6 is 6.75 Å². The van der Waals surface area contributed by atoms with Crippen molar-refractivity contribution in [1.29, 1.82) is 0 Å². The van der Waals surface area contributed by atoms with Gasteiger partial charge in [0.1, 0.15) is 0 Å². The summed E-state index contributed by atoms with van der Waals surface area (Å²) in [6.45, 7) is -6.17. The fourth-order valence-corrected chi connectivity index (χ4v) is 18.8. The number of alkyl halides is 6. The first-order valence-corrected chi connectivity index (χ1v) is 17.0. The second-order valence-corrected chi connectivity index (χ2v) is 18.1. The summed E-state index contributed by atoms with van der Waals surface area (Å²) in [7, 11) is -14.6. The third-order valence-corrected chi connectivity index (χ3v) is 19.2. The number of rotatable bonds is 8. The van der Waals surface area contributed by atoms with Gasteiger partial charge < -0.3 is 0 Å². The number of hydrogen-bond acceptors (Lipinski definition) is 4. The van der Waals surface area contributed by atoms with Gasteiger partial charge in [0.2, 0.25) is 0 Å². The Morgan fingerprint density at radius 3 is 1.02 bits per heavy atom. The van der Waals surface area contributed by atoms with Crippen molar-refractivity contribution >= 4 is 42.7 Å². The van der Waals surface area contributed by atoms with Crippen LogP contribution in [0.4, 0.5) is 26.3 Å². The van der Waals surface area contributed by atoms with Crippen LogP contribution in [-0.2, 0) is 26.2 Å². The Morgan fingerprint density at radius 1 is 0.488 bits per heavy atom. The monoisotopic (exact) mass is 633 g/mol. The normalized spacial score (nSPS) is 14.4. The molecule has 0 spiro atoms. The van der Waals surface area contributed by atoms with E-state index in [9.17, 15) is 43.2 Å². The van der Waals surface area contributed by atoms with Crippen molar-refractivity contribution in [3.05, 3.63) is 127 Å². The summed E-state index contributed by atoms with van der Waals surface area (Å²) in [6, 6.07) is 26.2. The van der Waals surface area contributed by atoms with Crippen LogP contribution in [0.25, 0.3) is 0 Å². The second-order valence-electron chi connectivity index (χ2n) is 8.98. The molecule has 0 fully saturated rings. The molecular formula is C27H22F6NO4PS2. The molecule has 0 radical (unpaired) electrons. The Bertz CT molecular complexity index is 1580. The van der Waals surface area contributed by atoms with E-state index in [1.54, 1.807) is 6.07 Å². The Kier molecular flexibility index (Phi) is 7.89. The molecule has 5 nitrogen and oxygen atoms in total. The summed E-state index contributed by atoms with van der Waals surface area (Å²) in [5, 5.41) is -1.04. The van der Waals surface area contributed by atoms with E-state index in [1.807, 2.05) is 0 Å². The molecule has 0 aliphatic heterocycles. The van der Waals surface area contributed by atoms with E-state index in [4.69, 9.17) is 0 Å². The number of nitrogens with zero attached hydrogens (tertiary/aromatic N) is 1. The summed E-state index contributed by atoms with van der Waals surface area (Å²) in [5.74, 6) is 0. The van der Waals surface area contributed by atoms with Crippen molar-refractivity contribution in [3.63, 3.8) is 0 Å². The molecule has 0 aliphatic rings. The number of halogens is 6. The summed E-state index contributed by atoms with van der Waals surface area (Å²) in [6.07, 6.45) is -0.852. The second kappa shape index (κ2) is 10.5. The van der Waals surface area contributed by atoms with Crippen LogP contribution in [0.1, 0.15) is 5.56 Å². The van der Waals surface area contributed by atoms with Gasteiger partial charge in [-0.1, -0.05) is 0 Å². The third kappa shape index (κ3) is 4.74. The molecule has 0 N–H and O–H groups in total. The number of hydrogen-bond donors (Lipinski definition) is 0. The Balaban J connectivity index is 2.49. The van der Waals surface area contributed by atoms with Crippen molar-refractivity contribution in [1.82, 2.24) is 3.48 Å². The van der Waals surface area contributed by atoms with E-state index in [0.717, 1.165) is 36.4 Å². The Hall–Kier alpha value is -3.25. The molecule has 0 saturated carbocycles. The van der Waals surface area contributed by atoms with Crippen molar-refractivity contribution < 1.29 is 43.2 Å². The maximum absolute atomic E-state index is 14.5. The summed E-state index contributed by atoms with van der Waals surface area (Å²) >= 11 is 0. The van der Waals surface area contributed by atoms with Gasteiger partial charge in [0, 0.05) is 0 Å². The molecule has 0 aliphatic carbocycles. The average molecular weight is 634 g/mol. The van der Waals surface area contributed by atoms with Gasteiger partial charge in [-0.05, 0) is 0 Å². The van der Waals surface area contributed by atoms with E-state index < -0.39 is 47.5 Å². The van der Waals surface area contributed by atoms with Crippen molar-refractivity contribution in [3.8, 4) is 0 Å². The SMILES string of the molecule is O=S(=O)(N(S(=O)(=O)C(F)(F)F)P(Cc1ccccc1)(c1ccccc1)(c1ccccc1)c1ccccc1)C(F)(F)F. The first kappa shape index (κ1) is 30.7. The fourth-order valence-electron chi connectivity index (χ4n) is 5.03. The van der Waals surface area contributed by atoms with E-state index in [2.05, 4.69) is 0 Å². The first-order chi connectivity index (χ1) is 19.1. The van der Waals surface area contributed by atoms with Gasteiger partial charge in [-0.15, -0.1) is 0 Å². The quantitative estimate of drug-likeness (QED) is 0.186. The molecule has 218 valence electrons. The van der Waals surface area contributed by atoms with Gasteiger partial charge in [0.05, 0.1) is 0 Å². The standard InChI is InChI=1S/C27H22F6NO4PS2/c28-26(29,30)40(35,36)34(41(37,38)27(31,32)33)39(23-15-7-2-8-16-23,24-17-9-3-10-18-24,25-19-11-4-12-20-25)21-22-13-5-1-6-14-22/h1-20H,21H2. The van der Waals surface area contributed by atoms with Crippen LogP contribution in [-0.4, -0.2) is 31.3 Å². The van der Waals surface area contributed by atoms with E-state index in [-0.39, 0.29) is 21.5 Å². The van der Waals surface area contributed by atoms with E-state index >= 15 is 0 Å². The van der Waals surface area contributed by atoms with Crippen LogP contribution in [0.2, 0.25) is 0 Å². The third-order valence-electron chi connectivity index (χ3n) is 6.63. The fraction of sp³-hybridized carbons (Fsp3) is 0.111. The molecule has 0 aromatic heterocycles. The maximum atomic E-state index is 14.5. The van der Waals surface area contributed by atoms with Gasteiger partial charge in [-0.3, -0.25) is 0 Å². The van der Waals surface area contributed by atoms with Gasteiger partial charge >= 0.3 is 233 Å². The van der Waals surface area contributed by atoms with Crippen LogP contribution in [0.3, 0.4) is 0 Å². The van der Waals surface area contributed by atoms with Crippen molar-refractivity contribution in [2.45, 2.75) is 17.2 Å². The summed E-state index contributed by atoms with van der Waals surface area (Å²) in [5.41, 5.74) is -12.8. The Morgan fingerprint density at radius 2 is 0.756 bits per heavy atom. The van der Waals surface area contributed by atoms with Gasteiger partial charge in [0.15, 0.2) is 0 Å². The van der Waals surface area contributed by atoms with Crippen LogP contribution in [0.5, 0.6) is 0 Å². The number of benzene rings is 4. The zero-order valence-electron chi connectivity index (χ0n) is 20.9. The molecule has 4 rings (SSSR count). The average Bonchev–Trinajstić information content (AvgIpc) is 2.93. The van der Waals surface area contributed by atoms with Crippen molar-refractivity contribution in [2.75, 3.05) is 0 Å². The predicted octanol–water partition coefficient (Wildman–Crippen LogP) is 5.63. The van der Waals surface area contributed by atoms with Crippen molar-refractivity contribution in [2.24, 2.45) is 0 Å². The molecule has 0 bridgehead atoms. The minimum absolute atomic E-state index is 0.0986. The molecule has 0 unspecified atom stereocenters. The van der Waals surface area contributed by atoms with Gasteiger partial charge in [-0.25, -0.2) is 0 Å². The minimum atomic E-state index is -7.28. The van der Waals surface area contributed by atoms with E-state index in [0.29, 0.717) is 0 Å². The van der Waals surface area contributed by atoms with Gasteiger partial charge in [0.25, 0.3) is 0 Å². The Labute approximate surface area is 233 Å². The molecule has 4 aromatic rings. The van der Waals surface area contributed by atoms with Crippen LogP contribution in [0.15, 0.2) is 121 Å². The van der Waals surface area contributed by atoms with E-state index in [1.165, 1.54) is 78.9 Å². The van der Waals surface area contributed by atoms with Crippen LogP contribution < -0.4 is 15.9 Å². The summed E-state index contributed by atoms with van der Waals surface area (Å²) in [4.78, 5) is 0. The van der Waals surface area contributed by atoms with Crippen LogP contribution in [0, 0.1) is 0 Å². The zero-order valence-corrected chi connectivity index (χ0v) is 23.4. The summed E-state index contributed by atoms with van der Waals surface area (Å²) < 4.78 is 140. The first-order valence-electron chi connectivity index (χ1n) is 11.8. The number of sulfonamides is 2. The van der Waals surface area contributed by atoms with Gasteiger partial charge in [-0.2, -0.15) is 0 Å².